The second-order valence-electron chi connectivity index (χ2n) is 11.3. The number of rotatable bonds is 10. The smallest absolute Gasteiger partial charge is 0.323 e. The van der Waals surface area contributed by atoms with Crippen LogP contribution in [0.2, 0.25) is 0 Å². The molecule has 3 N–H and O–H groups in total. The monoisotopic (exact) mass is 613 g/mol. The van der Waals surface area contributed by atoms with Crippen molar-refractivity contribution in [3.8, 4) is 17.2 Å². The minimum Gasteiger partial charge on any atom is -0.365 e. The van der Waals surface area contributed by atoms with Crippen molar-refractivity contribution >= 4 is 23.6 Å². The third-order valence-electron chi connectivity index (χ3n) is 8.03. The molecule has 4 heterocycles. The van der Waals surface area contributed by atoms with E-state index in [9.17, 15) is 10.1 Å². The lowest BCUT2D eigenvalue weighted by Crippen LogP contribution is -2.49. The summed E-state index contributed by atoms with van der Waals surface area (Å²) in [6, 6.07) is 19.6. The van der Waals surface area contributed by atoms with Gasteiger partial charge in [0.15, 0.2) is 0 Å². The highest BCUT2D eigenvalue weighted by Crippen LogP contribution is 2.30. The van der Waals surface area contributed by atoms with E-state index in [2.05, 4.69) is 42.1 Å². The summed E-state index contributed by atoms with van der Waals surface area (Å²) in [6.45, 7) is 0.914. The van der Waals surface area contributed by atoms with E-state index in [4.69, 9.17) is 4.98 Å². The Balaban J connectivity index is 1.13. The van der Waals surface area contributed by atoms with Crippen molar-refractivity contribution in [3.63, 3.8) is 0 Å². The number of hydrogen-bond acceptors (Lipinski definition) is 9. The largest absolute Gasteiger partial charge is 0.365 e. The van der Waals surface area contributed by atoms with Gasteiger partial charge in [-0.2, -0.15) is 15.3 Å². The number of nitrogens with one attached hydrogen (secondary N) is 3. The normalized spacial score (nSPS) is 15.8. The maximum atomic E-state index is 13.7. The molecule has 12 heteroatoms. The summed E-state index contributed by atoms with van der Waals surface area (Å²) in [4.78, 5) is 33.3. The molecule has 232 valence electrons. The summed E-state index contributed by atoms with van der Waals surface area (Å²) in [5.74, 6) is 1.54. The van der Waals surface area contributed by atoms with E-state index in [1.165, 1.54) is 6.20 Å². The van der Waals surface area contributed by atoms with E-state index >= 15 is 0 Å². The highest BCUT2D eigenvalue weighted by Gasteiger charge is 2.31. The van der Waals surface area contributed by atoms with Gasteiger partial charge in [0, 0.05) is 68.1 Å². The standard InChI is InChI=1S/C34H35N11O/c1-44-23-28(22-41-44)26-9-14-31(37-20-26)45(34(46)40-18-24-6-3-2-4-7-24)30-12-10-29(11-13-30)42-33-39-21-27(16-35)32(43-33)38-19-25-8-5-15-36-17-25/h2-9,14-15,17,20-23,29-30H,10-13,18-19H2,1H3,(H,40,46)(H2,38,39,42,43). The minimum atomic E-state index is -0.179. The quantitative estimate of drug-likeness (QED) is 0.191. The molecule has 2 amide bonds. The number of pyridine rings is 2. The highest BCUT2D eigenvalue weighted by atomic mass is 16.2. The van der Waals surface area contributed by atoms with Gasteiger partial charge in [0.2, 0.25) is 5.95 Å². The van der Waals surface area contributed by atoms with E-state index in [0.717, 1.165) is 47.9 Å². The van der Waals surface area contributed by atoms with E-state index in [1.807, 2.05) is 67.8 Å². The van der Waals surface area contributed by atoms with Crippen molar-refractivity contribution in [2.75, 3.05) is 15.5 Å². The third-order valence-corrected chi connectivity index (χ3v) is 8.03. The van der Waals surface area contributed by atoms with Gasteiger partial charge in [-0.1, -0.05) is 36.4 Å². The Hall–Kier alpha value is -5.83. The van der Waals surface area contributed by atoms with Gasteiger partial charge in [0.1, 0.15) is 23.3 Å². The van der Waals surface area contributed by atoms with E-state index in [0.29, 0.717) is 36.2 Å². The molecule has 0 radical (unpaired) electrons. The van der Waals surface area contributed by atoms with Crippen molar-refractivity contribution < 1.29 is 4.79 Å². The molecule has 1 aliphatic carbocycles. The molecule has 1 aromatic carbocycles. The van der Waals surface area contributed by atoms with Crippen LogP contribution in [0.15, 0.2) is 91.8 Å². The summed E-state index contributed by atoms with van der Waals surface area (Å²) < 4.78 is 1.75. The van der Waals surface area contributed by atoms with E-state index in [1.54, 1.807) is 34.4 Å². The fraction of sp³-hybridized carbons (Fsp3) is 0.265. The van der Waals surface area contributed by atoms with Gasteiger partial charge >= 0.3 is 6.03 Å². The third kappa shape index (κ3) is 7.44. The SMILES string of the molecule is Cn1cc(-c2ccc(N(C(=O)NCc3ccccc3)C3CCC(Nc4ncc(C#N)c(NCc5cccnc5)n4)CC3)nc2)cn1. The van der Waals surface area contributed by atoms with Gasteiger partial charge in [0.25, 0.3) is 0 Å². The van der Waals surface area contributed by atoms with Crippen molar-refractivity contribution in [1.82, 2.24) is 35.0 Å². The molecular weight excluding hydrogens is 578 g/mol. The number of amides is 2. The summed E-state index contributed by atoms with van der Waals surface area (Å²) in [6.07, 6.45) is 13.7. The van der Waals surface area contributed by atoms with Gasteiger partial charge in [-0.25, -0.2) is 14.8 Å². The van der Waals surface area contributed by atoms with Crippen molar-refractivity contribution in [1.29, 1.82) is 5.26 Å². The molecule has 0 aliphatic heterocycles. The summed E-state index contributed by atoms with van der Waals surface area (Å²) >= 11 is 0. The molecule has 46 heavy (non-hydrogen) atoms. The molecule has 5 aromatic rings. The molecule has 12 nitrogen and oxygen atoms in total. The summed E-state index contributed by atoms with van der Waals surface area (Å²) in [5.41, 5.74) is 4.29. The topological polar surface area (TPSA) is 150 Å². The van der Waals surface area contributed by atoms with Crippen LogP contribution in [-0.4, -0.2) is 47.8 Å². The first-order chi connectivity index (χ1) is 22.6. The number of urea groups is 1. The molecule has 0 spiro atoms. The zero-order valence-electron chi connectivity index (χ0n) is 25.5. The number of aryl methyl sites for hydroxylation is 1. The number of carbonyl (C=O) groups is 1. The first-order valence-corrected chi connectivity index (χ1v) is 15.3. The van der Waals surface area contributed by atoms with Crippen LogP contribution in [0.5, 0.6) is 0 Å². The molecular formula is C34H35N11O. The lowest BCUT2D eigenvalue weighted by molar-refractivity contribution is 0.240. The van der Waals surface area contributed by atoms with Crippen LogP contribution in [0.1, 0.15) is 42.4 Å². The average Bonchev–Trinajstić information content (AvgIpc) is 3.54. The first-order valence-electron chi connectivity index (χ1n) is 15.3. The number of anilines is 3. The molecule has 4 aromatic heterocycles. The Morgan fingerprint density at radius 3 is 2.46 bits per heavy atom. The summed E-state index contributed by atoms with van der Waals surface area (Å²) in [5, 5.41) is 23.6. The van der Waals surface area contributed by atoms with Crippen molar-refractivity contribution in [2.24, 2.45) is 7.05 Å². The molecule has 0 saturated heterocycles. The fourth-order valence-corrected chi connectivity index (χ4v) is 5.60. The van der Waals surface area contributed by atoms with Gasteiger partial charge in [-0.15, -0.1) is 0 Å². The zero-order chi connectivity index (χ0) is 31.7. The number of hydrogen-bond donors (Lipinski definition) is 3. The number of aromatic nitrogens is 6. The zero-order valence-corrected chi connectivity index (χ0v) is 25.5. The van der Waals surface area contributed by atoms with Crippen LogP contribution in [0.25, 0.3) is 11.1 Å². The van der Waals surface area contributed by atoms with Crippen LogP contribution < -0.4 is 20.9 Å². The van der Waals surface area contributed by atoms with Crippen molar-refractivity contribution in [3.05, 3.63) is 108 Å². The maximum absolute atomic E-state index is 13.7. The molecule has 1 aliphatic rings. The second kappa shape index (κ2) is 14.3. The molecule has 0 atom stereocenters. The number of carbonyl (C=O) groups excluding carboxylic acids is 1. The minimum absolute atomic E-state index is 0.0378. The van der Waals surface area contributed by atoms with Crippen LogP contribution in [-0.2, 0) is 20.1 Å². The maximum Gasteiger partial charge on any atom is 0.323 e. The average molecular weight is 614 g/mol. The number of nitriles is 1. The predicted octanol–water partition coefficient (Wildman–Crippen LogP) is 5.29. The van der Waals surface area contributed by atoms with Gasteiger partial charge in [-0.3, -0.25) is 14.6 Å². The number of nitrogens with zero attached hydrogens (tertiary/aromatic N) is 8. The Morgan fingerprint density at radius 2 is 1.76 bits per heavy atom. The van der Waals surface area contributed by atoms with Crippen molar-refractivity contribution in [2.45, 2.75) is 50.9 Å². The lowest BCUT2D eigenvalue weighted by Gasteiger charge is -2.36. The Bertz CT molecular complexity index is 1780. The van der Waals surface area contributed by atoms with Crippen LogP contribution in [0.3, 0.4) is 0 Å². The lowest BCUT2D eigenvalue weighted by atomic mass is 9.90. The Kier molecular flexibility index (Phi) is 9.39. The highest BCUT2D eigenvalue weighted by molar-refractivity contribution is 5.91. The first kappa shape index (κ1) is 30.2. The van der Waals surface area contributed by atoms with Gasteiger partial charge < -0.3 is 16.0 Å². The van der Waals surface area contributed by atoms with Crippen LogP contribution >= 0.6 is 0 Å². The molecule has 6 rings (SSSR count). The summed E-state index contributed by atoms with van der Waals surface area (Å²) in [7, 11) is 1.88. The van der Waals surface area contributed by atoms with E-state index < -0.39 is 0 Å². The Labute approximate surface area is 267 Å². The van der Waals surface area contributed by atoms with E-state index in [-0.39, 0.29) is 18.1 Å². The predicted molar refractivity (Wildman–Crippen MR) is 176 cm³/mol. The fourth-order valence-electron chi connectivity index (χ4n) is 5.60. The second-order valence-corrected chi connectivity index (χ2v) is 11.3. The van der Waals surface area contributed by atoms with Crippen LogP contribution in [0.4, 0.5) is 22.4 Å². The Morgan fingerprint density at radius 1 is 0.935 bits per heavy atom. The molecule has 1 saturated carbocycles. The number of benzene rings is 1. The van der Waals surface area contributed by atoms with Gasteiger partial charge in [0.05, 0.1) is 12.4 Å². The van der Waals surface area contributed by atoms with Crippen LogP contribution in [0, 0.1) is 11.3 Å². The molecule has 0 unspecified atom stereocenters. The molecule has 0 bridgehead atoms. The van der Waals surface area contributed by atoms with Gasteiger partial charge in [-0.05, 0) is 55.0 Å². The molecule has 1 fully saturated rings.